The first-order valence-electron chi connectivity index (χ1n) is 7.52. The zero-order valence-electron chi connectivity index (χ0n) is 13.3. The van der Waals surface area contributed by atoms with Crippen molar-refractivity contribution in [2.24, 2.45) is 0 Å². The van der Waals surface area contributed by atoms with Crippen LogP contribution in [0, 0.1) is 11.6 Å². The van der Waals surface area contributed by atoms with Gasteiger partial charge in [0, 0.05) is 31.3 Å². The molecule has 0 heterocycles. The number of hydrogen-bond acceptors (Lipinski definition) is 2. The van der Waals surface area contributed by atoms with E-state index >= 15 is 0 Å². The Bertz CT molecular complexity index is 734. The van der Waals surface area contributed by atoms with Crippen LogP contribution < -0.4 is 5.32 Å². The standard InChI is InChI=1S/C18H18F2N2O2/c1-22(18(24)14-6-3-8-16(20)12-14)10-4-9-21-17(23)13-5-2-7-15(19)11-13/h2-3,5-8,11-12H,4,9-10H2,1H3,(H,21,23). The van der Waals surface area contributed by atoms with E-state index in [0.29, 0.717) is 19.5 Å². The summed E-state index contributed by atoms with van der Waals surface area (Å²) in [4.78, 5) is 25.4. The molecule has 126 valence electrons. The van der Waals surface area contributed by atoms with Crippen molar-refractivity contribution in [2.75, 3.05) is 20.1 Å². The molecule has 2 aromatic rings. The summed E-state index contributed by atoms with van der Waals surface area (Å²) >= 11 is 0. The lowest BCUT2D eigenvalue weighted by Crippen LogP contribution is -2.31. The fourth-order valence-electron chi connectivity index (χ4n) is 2.19. The van der Waals surface area contributed by atoms with Crippen molar-refractivity contribution < 1.29 is 18.4 Å². The summed E-state index contributed by atoms with van der Waals surface area (Å²) in [5, 5.41) is 2.67. The summed E-state index contributed by atoms with van der Waals surface area (Å²) in [6.45, 7) is 0.745. The van der Waals surface area contributed by atoms with E-state index in [1.54, 1.807) is 13.1 Å². The monoisotopic (exact) mass is 332 g/mol. The van der Waals surface area contributed by atoms with Crippen LogP contribution in [-0.2, 0) is 0 Å². The lowest BCUT2D eigenvalue weighted by Gasteiger charge is -2.17. The van der Waals surface area contributed by atoms with Crippen molar-refractivity contribution in [3.8, 4) is 0 Å². The highest BCUT2D eigenvalue weighted by molar-refractivity contribution is 5.94. The number of amides is 2. The Labute approximate surface area is 139 Å². The number of carbonyl (C=O) groups is 2. The average Bonchev–Trinajstić information content (AvgIpc) is 2.57. The molecule has 0 aromatic heterocycles. The van der Waals surface area contributed by atoms with Gasteiger partial charge in [-0.1, -0.05) is 12.1 Å². The van der Waals surface area contributed by atoms with Crippen molar-refractivity contribution >= 4 is 11.8 Å². The molecule has 0 aliphatic rings. The van der Waals surface area contributed by atoms with Gasteiger partial charge >= 0.3 is 0 Å². The second-order valence-electron chi connectivity index (χ2n) is 5.36. The highest BCUT2D eigenvalue weighted by Crippen LogP contribution is 2.07. The summed E-state index contributed by atoms with van der Waals surface area (Å²) in [6.07, 6.45) is 0.526. The minimum atomic E-state index is -0.469. The number of nitrogens with one attached hydrogen (secondary N) is 1. The lowest BCUT2D eigenvalue weighted by atomic mass is 10.2. The summed E-state index contributed by atoms with van der Waals surface area (Å²) in [5.41, 5.74) is 0.528. The predicted molar refractivity (Wildman–Crippen MR) is 86.7 cm³/mol. The van der Waals surface area contributed by atoms with E-state index in [9.17, 15) is 18.4 Å². The van der Waals surface area contributed by atoms with Crippen LogP contribution in [0.1, 0.15) is 27.1 Å². The van der Waals surface area contributed by atoms with Crippen LogP contribution in [0.3, 0.4) is 0 Å². The maximum absolute atomic E-state index is 13.1. The highest BCUT2D eigenvalue weighted by atomic mass is 19.1. The Balaban J connectivity index is 1.77. The number of benzene rings is 2. The largest absolute Gasteiger partial charge is 0.352 e. The van der Waals surface area contributed by atoms with Gasteiger partial charge < -0.3 is 10.2 Å². The first kappa shape index (κ1) is 17.6. The van der Waals surface area contributed by atoms with Crippen LogP contribution in [0.25, 0.3) is 0 Å². The minimum Gasteiger partial charge on any atom is -0.352 e. The molecule has 0 bridgehead atoms. The maximum Gasteiger partial charge on any atom is 0.253 e. The maximum atomic E-state index is 13.1. The van der Waals surface area contributed by atoms with E-state index < -0.39 is 11.6 Å². The molecule has 0 aliphatic heterocycles. The van der Waals surface area contributed by atoms with E-state index in [1.165, 1.54) is 41.3 Å². The van der Waals surface area contributed by atoms with Crippen molar-refractivity contribution in [3.63, 3.8) is 0 Å². The third-order valence-electron chi connectivity index (χ3n) is 3.46. The molecule has 1 N–H and O–H groups in total. The number of halogens is 2. The van der Waals surface area contributed by atoms with E-state index in [2.05, 4.69) is 5.32 Å². The lowest BCUT2D eigenvalue weighted by molar-refractivity contribution is 0.0793. The van der Waals surface area contributed by atoms with Crippen LogP contribution in [0.5, 0.6) is 0 Å². The van der Waals surface area contributed by atoms with Gasteiger partial charge in [0.25, 0.3) is 11.8 Å². The van der Waals surface area contributed by atoms with Gasteiger partial charge in [-0.05, 0) is 42.8 Å². The molecule has 0 unspecified atom stereocenters. The predicted octanol–water partition coefficient (Wildman–Crippen LogP) is 2.86. The third-order valence-corrected chi connectivity index (χ3v) is 3.46. The van der Waals surface area contributed by atoms with E-state index in [4.69, 9.17) is 0 Å². The molecule has 0 aliphatic carbocycles. The molecule has 0 atom stereocenters. The molecule has 0 saturated carbocycles. The Morgan fingerprint density at radius 3 is 2.21 bits per heavy atom. The van der Waals surface area contributed by atoms with Gasteiger partial charge in [0.05, 0.1) is 0 Å². The molecular formula is C18H18F2N2O2. The first-order chi connectivity index (χ1) is 11.5. The zero-order chi connectivity index (χ0) is 17.5. The molecule has 2 rings (SSSR count). The summed E-state index contributed by atoms with van der Waals surface area (Å²) < 4.78 is 26.2. The summed E-state index contributed by atoms with van der Waals surface area (Å²) in [6, 6.07) is 10.9. The van der Waals surface area contributed by atoms with Crippen molar-refractivity contribution in [2.45, 2.75) is 6.42 Å². The molecule has 0 radical (unpaired) electrons. The normalized spacial score (nSPS) is 10.3. The van der Waals surface area contributed by atoms with Crippen molar-refractivity contribution in [3.05, 3.63) is 71.3 Å². The van der Waals surface area contributed by atoms with Crippen LogP contribution >= 0.6 is 0 Å². The molecule has 6 heteroatoms. The van der Waals surface area contributed by atoms with Gasteiger partial charge in [0.15, 0.2) is 0 Å². The Morgan fingerprint density at radius 1 is 1.00 bits per heavy atom. The molecule has 0 saturated heterocycles. The molecule has 0 fully saturated rings. The third kappa shape index (κ3) is 4.87. The minimum absolute atomic E-state index is 0.249. The molecule has 2 amide bonds. The number of carbonyl (C=O) groups excluding carboxylic acids is 2. The van der Waals surface area contributed by atoms with Gasteiger partial charge in [-0.3, -0.25) is 9.59 Å². The Kier molecular flexibility index (Phi) is 6.01. The fourth-order valence-corrected chi connectivity index (χ4v) is 2.19. The Hall–Kier alpha value is -2.76. The number of rotatable bonds is 6. The van der Waals surface area contributed by atoms with Gasteiger partial charge in [-0.15, -0.1) is 0 Å². The van der Waals surface area contributed by atoms with Gasteiger partial charge in [-0.25, -0.2) is 8.78 Å². The van der Waals surface area contributed by atoms with Crippen LogP contribution in [-0.4, -0.2) is 36.9 Å². The van der Waals surface area contributed by atoms with Crippen molar-refractivity contribution in [1.29, 1.82) is 0 Å². The van der Waals surface area contributed by atoms with Gasteiger partial charge in [0.1, 0.15) is 11.6 Å². The fraction of sp³-hybridized carbons (Fsp3) is 0.222. The molecular weight excluding hydrogens is 314 g/mol. The summed E-state index contributed by atoms with van der Waals surface area (Å²) in [7, 11) is 1.61. The zero-order valence-corrected chi connectivity index (χ0v) is 13.3. The highest BCUT2D eigenvalue weighted by Gasteiger charge is 2.12. The molecule has 24 heavy (non-hydrogen) atoms. The van der Waals surface area contributed by atoms with Crippen LogP contribution in [0.15, 0.2) is 48.5 Å². The summed E-state index contributed by atoms with van der Waals surface area (Å²) in [5.74, 6) is -1.58. The topological polar surface area (TPSA) is 49.4 Å². The van der Waals surface area contributed by atoms with Gasteiger partial charge in [0.2, 0.25) is 0 Å². The van der Waals surface area contributed by atoms with Crippen molar-refractivity contribution in [1.82, 2.24) is 10.2 Å². The molecule has 4 nitrogen and oxygen atoms in total. The molecule has 2 aromatic carbocycles. The molecule has 0 spiro atoms. The second-order valence-corrected chi connectivity index (χ2v) is 5.36. The number of nitrogens with zero attached hydrogens (tertiary/aromatic N) is 1. The van der Waals surface area contributed by atoms with Crippen LogP contribution in [0.4, 0.5) is 8.78 Å². The Morgan fingerprint density at radius 2 is 1.58 bits per heavy atom. The van der Waals surface area contributed by atoms with E-state index in [0.717, 1.165) is 6.07 Å². The smallest absolute Gasteiger partial charge is 0.253 e. The number of hydrogen-bond donors (Lipinski definition) is 1. The van der Waals surface area contributed by atoms with E-state index in [1.807, 2.05) is 0 Å². The second kappa shape index (κ2) is 8.19. The van der Waals surface area contributed by atoms with Crippen LogP contribution in [0.2, 0.25) is 0 Å². The quantitative estimate of drug-likeness (QED) is 0.827. The average molecular weight is 332 g/mol. The van der Waals surface area contributed by atoms with Gasteiger partial charge in [-0.2, -0.15) is 0 Å². The van der Waals surface area contributed by atoms with E-state index in [-0.39, 0.29) is 22.9 Å². The SMILES string of the molecule is CN(CCCNC(=O)c1cccc(F)c1)C(=O)c1cccc(F)c1. The first-order valence-corrected chi connectivity index (χ1v) is 7.52.